The first-order valence-electron chi connectivity index (χ1n) is 11.0. The van der Waals surface area contributed by atoms with E-state index in [4.69, 9.17) is 4.74 Å². The Hall–Kier alpha value is -2.67. The van der Waals surface area contributed by atoms with Crippen LogP contribution in [0.4, 0.5) is 13.2 Å². The summed E-state index contributed by atoms with van der Waals surface area (Å²) in [4.78, 5) is 18.5. The SMILES string of the molecule is CCCOc1ccc(C(=O)CCc2sc(-c3ccc(C(F)(F)F)cc3)nc2C(C)C)cc1C. The predicted molar refractivity (Wildman–Crippen MR) is 126 cm³/mol. The third-order valence-corrected chi connectivity index (χ3v) is 6.45. The van der Waals surface area contributed by atoms with Crippen LogP contribution in [0.2, 0.25) is 0 Å². The molecule has 2 aromatic carbocycles. The molecule has 0 saturated carbocycles. The number of thiazole rings is 1. The molecule has 0 aliphatic carbocycles. The predicted octanol–water partition coefficient (Wildman–Crippen LogP) is 7.87. The molecule has 0 N–H and O–H groups in total. The van der Waals surface area contributed by atoms with E-state index in [-0.39, 0.29) is 11.7 Å². The maximum atomic E-state index is 12.9. The number of aryl methyl sites for hydroxylation is 2. The number of hydrogen-bond donors (Lipinski definition) is 0. The van der Waals surface area contributed by atoms with E-state index in [0.717, 1.165) is 40.4 Å². The second-order valence-corrected chi connectivity index (χ2v) is 9.39. The van der Waals surface area contributed by atoms with Crippen molar-refractivity contribution in [3.05, 3.63) is 69.7 Å². The summed E-state index contributed by atoms with van der Waals surface area (Å²) in [6, 6.07) is 10.5. The minimum atomic E-state index is -4.37. The molecule has 1 heterocycles. The van der Waals surface area contributed by atoms with Gasteiger partial charge in [0.15, 0.2) is 5.78 Å². The first-order chi connectivity index (χ1) is 15.6. The van der Waals surface area contributed by atoms with Crippen molar-refractivity contribution in [3.63, 3.8) is 0 Å². The third kappa shape index (κ3) is 6.22. The van der Waals surface area contributed by atoms with E-state index in [2.05, 4.69) is 4.98 Å². The topological polar surface area (TPSA) is 39.2 Å². The Bertz CT molecular complexity index is 1100. The molecule has 3 rings (SSSR count). The van der Waals surface area contributed by atoms with Crippen molar-refractivity contribution in [1.82, 2.24) is 4.98 Å². The summed E-state index contributed by atoms with van der Waals surface area (Å²) in [7, 11) is 0. The van der Waals surface area contributed by atoms with Crippen molar-refractivity contribution >= 4 is 17.1 Å². The van der Waals surface area contributed by atoms with Crippen molar-refractivity contribution in [2.45, 2.75) is 59.1 Å². The summed E-state index contributed by atoms with van der Waals surface area (Å²) in [5, 5.41) is 0.670. The number of aromatic nitrogens is 1. The van der Waals surface area contributed by atoms with Gasteiger partial charge >= 0.3 is 6.18 Å². The lowest BCUT2D eigenvalue weighted by molar-refractivity contribution is -0.137. The van der Waals surface area contributed by atoms with E-state index in [1.54, 1.807) is 6.07 Å². The second-order valence-electron chi connectivity index (χ2n) is 8.31. The Labute approximate surface area is 196 Å². The van der Waals surface area contributed by atoms with Crippen LogP contribution in [0, 0.1) is 6.92 Å². The summed E-state index contributed by atoms with van der Waals surface area (Å²) in [6.07, 6.45) is -2.57. The van der Waals surface area contributed by atoms with Gasteiger partial charge in [0.2, 0.25) is 0 Å². The van der Waals surface area contributed by atoms with E-state index in [1.807, 2.05) is 39.8 Å². The van der Waals surface area contributed by atoms with Crippen LogP contribution in [0.3, 0.4) is 0 Å². The molecule has 176 valence electrons. The second kappa shape index (κ2) is 10.5. The van der Waals surface area contributed by atoms with Crippen LogP contribution in [0.25, 0.3) is 10.6 Å². The molecule has 0 spiro atoms. The maximum absolute atomic E-state index is 12.9. The monoisotopic (exact) mass is 475 g/mol. The highest BCUT2D eigenvalue weighted by Gasteiger charge is 2.30. The minimum Gasteiger partial charge on any atom is -0.493 e. The minimum absolute atomic E-state index is 0.0410. The molecule has 1 aromatic heterocycles. The molecule has 0 aliphatic heterocycles. The number of carbonyl (C=O) groups is 1. The number of alkyl halides is 3. The quantitative estimate of drug-likeness (QED) is 0.296. The lowest BCUT2D eigenvalue weighted by Gasteiger charge is -2.10. The average Bonchev–Trinajstić information content (AvgIpc) is 3.21. The first-order valence-corrected chi connectivity index (χ1v) is 11.9. The number of benzene rings is 2. The van der Waals surface area contributed by atoms with Crippen LogP contribution in [0.5, 0.6) is 5.75 Å². The smallest absolute Gasteiger partial charge is 0.416 e. The number of ketones is 1. The maximum Gasteiger partial charge on any atom is 0.416 e. The van der Waals surface area contributed by atoms with Crippen LogP contribution in [0.15, 0.2) is 42.5 Å². The summed E-state index contributed by atoms with van der Waals surface area (Å²) in [5.41, 5.74) is 2.43. The van der Waals surface area contributed by atoms with Gasteiger partial charge in [0, 0.05) is 22.4 Å². The molecule has 0 saturated heterocycles. The molecule has 0 bridgehead atoms. The van der Waals surface area contributed by atoms with Gasteiger partial charge in [-0.2, -0.15) is 13.2 Å². The number of rotatable bonds is 9. The standard InChI is InChI=1S/C26H28F3NO2S/c1-5-14-32-22-12-8-19(15-17(22)4)21(31)11-13-23-24(16(2)3)30-25(33-23)18-6-9-20(10-7-18)26(27,28)29/h6-10,12,15-16H,5,11,13-14H2,1-4H3. The number of nitrogens with zero attached hydrogens (tertiary/aromatic N) is 1. The normalized spacial score (nSPS) is 11.8. The largest absolute Gasteiger partial charge is 0.493 e. The van der Waals surface area contributed by atoms with Crippen LogP contribution in [-0.2, 0) is 12.6 Å². The van der Waals surface area contributed by atoms with Crippen molar-refractivity contribution in [1.29, 1.82) is 0 Å². The van der Waals surface area contributed by atoms with Gasteiger partial charge < -0.3 is 4.74 Å². The zero-order chi connectivity index (χ0) is 24.2. The fourth-order valence-corrected chi connectivity index (χ4v) is 4.71. The molecule has 0 amide bonds. The molecule has 33 heavy (non-hydrogen) atoms. The molecule has 0 fully saturated rings. The Morgan fingerprint density at radius 2 is 1.82 bits per heavy atom. The molecule has 3 nitrogen and oxygen atoms in total. The Kier molecular flexibility index (Phi) is 7.95. The number of Topliss-reactive ketones (excluding diaryl/α,β-unsaturated/α-hetero) is 1. The molecule has 7 heteroatoms. The molecule has 0 unspecified atom stereocenters. The van der Waals surface area contributed by atoms with Gasteiger partial charge in [0.1, 0.15) is 10.8 Å². The fourth-order valence-electron chi connectivity index (χ4n) is 3.49. The fraction of sp³-hybridized carbons (Fsp3) is 0.385. The van der Waals surface area contributed by atoms with E-state index in [9.17, 15) is 18.0 Å². The molecule has 0 aliphatic rings. The highest BCUT2D eigenvalue weighted by atomic mass is 32.1. The van der Waals surface area contributed by atoms with Crippen molar-refractivity contribution < 1.29 is 22.7 Å². The third-order valence-electron chi connectivity index (χ3n) is 5.27. The number of halogens is 3. The average molecular weight is 476 g/mol. The highest BCUT2D eigenvalue weighted by Crippen LogP contribution is 2.35. The van der Waals surface area contributed by atoms with Crippen molar-refractivity contribution in [3.8, 4) is 16.3 Å². The Balaban J connectivity index is 1.75. The van der Waals surface area contributed by atoms with Crippen LogP contribution < -0.4 is 4.74 Å². The molecular weight excluding hydrogens is 447 g/mol. The van der Waals surface area contributed by atoms with Gasteiger partial charge in [0.05, 0.1) is 17.9 Å². The summed E-state index contributed by atoms with van der Waals surface area (Å²) in [6.45, 7) is 8.66. The van der Waals surface area contributed by atoms with Gasteiger partial charge in [-0.1, -0.05) is 32.9 Å². The molecule has 0 atom stereocenters. The van der Waals surface area contributed by atoms with E-state index >= 15 is 0 Å². The molecule has 0 radical (unpaired) electrons. The number of carbonyl (C=O) groups excluding carboxylic acids is 1. The Morgan fingerprint density at radius 3 is 2.39 bits per heavy atom. The Morgan fingerprint density at radius 1 is 1.12 bits per heavy atom. The number of ether oxygens (including phenoxy) is 1. The van der Waals surface area contributed by atoms with Crippen LogP contribution in [0.1, 0.15) is 71.6 Å². The zero-order valence-corrected chi connectivity index (χ0v) is 20.1. The van der Waals surface area contributed by atoms with Gasteiger partial charge in [-0.25, -0.2) is 4.98 Å². The van der Waals surface area contributed by atoms with E-state index in [0.29, 0.717) is 35.6 Å². The van der Waals surface area contributed by atoms with E-state index in [1.165, 1.54) is 23.5 Å². The lowest BCUT2D eigenvalue weighted by atomic mass is 10.0. The van der Waals surface area contributed by atoms with Gasteiger partial charge in [-0.05, 0) is 61.6 Å². The zero-order valence-electron chi connectivity index (χ0n) is 19.3. The highest BCUT2D eigenvalue weighted by molar-refractivity contribution is 7.15. The summed E-state index contributed by atoms with van der Waals surface area (Å²) < 4.78 is 44.3. The van der Waals surface area contributed by atoms with Crippen LogP contribution >= 0.6 is 11.3 Å². The molecule has 3 aromatic rings. The summed E-state index contributed by atoms with van der Waals surface area (Å²) >= 11 is 1.44. The van der Waals surface area contributed by atoms with Crippen LogP contribution in [-0.4, -0.2) is 17.4 Å². The van der Waals surface area contributed by atoms with Gasteiger partial charge in [-0.15, -0.1) is 11.3 Å². The van der Waals surface area contributed by atoms with E-state index < -0.39 is 11.7 Å². The lowest BCUT2D eigenvalue weighted by Crippen LogP contribution is -2.04. The van der Waals surface area contributed by atoms with Gasteiger partial charge in [0.25, 0.3) is 0 Å². The summed E-state index contributed by atoms with van der Waals surface area (Å²) in [5.74, 6) is 0.977. The van der Waals surface area contributed by atoms with Crippen molar-refractivity contribution in [2.75, 3.05) is 6.61 Å². The van der Waals surface area contributed by atoms with Crippen molar-refractivity contribution in [2.24, 2.45) is 0 Å². The molecular formula is C26H28F3NO2S. The number of hydrogen-bond acceptors (Lipinski definition) is 4. The van der Waals surface area contributed by atoms with Gasteiger partial charge in [-0.3, -0.25) is 4.79 Å². The first kappa shape index (κ1) is 25.0.